The Bertz CT molecular complexity index is 1270. The second-order valence-electron chi connectivity index (χ2n) is 8.54. The first kappa shape index (κ1) is 21.2. The molecular weight excluding hydrogens is 438 g/mol. The maximum atomic E-state index is 13.5. The SMILES string of the molecule is Cc1ccc(N2C(=O)[C@H](N3C(=O)c4ccccc4C3=O)[C@H]2c2ccc(N(C)C)cc2)cc1Cl. The molecular formula is C26H22ClN3O3. The van der Waals surface area contributed by atoms with Crippen molar-refractivity contribution in [1.82, 2.24) is 4.90 Å². The highest BCUT2D eigenvalue weighted by Crippen LogP contribution is 2.45. The number of hydrogen-bond acceptors (Lipinski definition) is 4. The van der Waals surface area contributed by atoms with E-state index in [0.717, 1.165) is 21.7 Å². The molecule has 3 aromatic rings. The highest BCUT2D eigenvalue weighted by atomic mass is 35.5. The molecule has 3 amide bonds. The molecule has 6 nitrogen and oxygen atoms in total. The minimum absolute atomic E-state index is 0.314. The van der Waals surface area contributed by atoms with Gasteiger partial charge in [0.15, 0.2) is 0 Å². The molecule has 7 heteroatoms. The van der Waals surface area contributed by atoms with Crippen molar-refractivity contribution in [2.24, 2.45) is 0 Å². The number of aryl methyl sites for hydroxylation is 1. The van der Waals surface area contributed by atoms with E-state index in [1.54, 1.807) is 35.2 Å². The molecule has 1 saturated heterocycles. The van der Waals surface area contributed by atoms with Gasteiger partial charge in [-0.3, -0.25) is 19.3 Å². The molecule has 2 aliphatic heterocycles. The number of carbonyl (C=O) groups is 3. The molecule has 0 unspecified atom stereocenters. The summed E-state index contributed by atoms with van der Waals surface area (Å²) in [5, 5.41) is 0.547. The van der Waals surface area contributed by atoms with E-state index in [9.17, 15) is 14.4 Å². The van der Waals surface area contributed by atoms with E-state index in [1.807, 2.05) is 62.3 Å². The average molecular weight is 460 g/mol. The Morgan fingerprint density at radius 2 is 1.39 bits per heavy atom. The highest BCUT2D eigenvalue weighted by Gasteiger charge is 2.57. The van der Waals surface area contributed by atoms with E-state index in [4.69, 9.17) is 11.6 Å². The van der Waals surface area contributed by atoms with Crippen LogP contribution >= 0.6 is 11.6 Å². The van der Waals surface area contributed by atoms with Gasteiger partial charge in [-0.15, -0.1) is 0 Å². The number of fused-ring (bicyclic) bond motifs is 1. The van der Waals surface area contributed by atoms with E-state index in [-0.39, 0.29) is 5.91 Å². The molecule has 0 aromatic heterocycles. The Kier molecular flexibility index (Phi) is 4.98. The highest BCUT2D eigenvalue weighted by molar-refractivity contribution is 6.32. The molecule has 2 aliphatic rings. The van der Waals surface area contributed by atoms with Gasteiger partial charge in [0, 0.05) is 30.5 Å². The summed E-state index contributed by atoms with van der Waals surface area (Å²) in [4.78, 5) is 44.5. The number of carbonyl (C=O) groups excluding carboxylic acids is 3. The van der Waals surface area contributed by atoms with Crippen LogP contribution in [-0.4, -0.2) is 42.8 Å². The van der Waals surface area contributed by atoms with Gasteiger partial charge in [0.2, 0.25) is 0 Å². The van der Waals surface area contributed by atoms with Crippen molar-refractivity contribution in [2.75, 3.05) is 23.9 Å². The fourth-order valence-electron chi connectivity index (χ4n) is 4.51. The summed E-state index contributed by atoms with van der Waals surface area (Å²) in [6, 6.07) is 18.4. The van der Waals surface area contributed by atoms with E-state index in [2.05, 4.69) is 0 Å². The third-order valence-corrected chi connectivity index (χ3v) is 6.76. The Labute approximate surface area is 197 Å². The van der Waals surface area contributed by atoms with Crippen LogP contribution < -0.4 is 9.80 Å². The molecule has 2 heterocycles. The summed E-state index contributed by atoms with van der Waals surface area (Å²) < 4.78 is 0. The maximum Gasteiger partial charge on any atom is 0.262 e. The monoisotopic (exact) mass is 459 g/mol. The van der Waals surface area contributed by atoms with Crippen molar-refractivity contribution in [1.29, 1.82) is 0 Å². The van der Waals surface area contributed by atoms with Crippen LogP contribution in [0.25, 0.3) is 0 Å². The lowest BCUT2D eigenvalue weighted by molar-refractivity contribution is -0.130. The number of rotatable bonds is 4. The minimum atomic E-state index is -0.928. The summed E-state index contributed by atoms with van der Waals surface area (Å²) >= 11 is 6.34. The third kappa shape index (κ3) is 3.21. The smallest absolute Gasteiger partial charge is 0.262 e. The molecule has 0 bridgehead atoms. The van der Waals surface area contributed by atoms with Gasteiger partial charge in [-0.2, -0.15) is 0 Å². The maximum absolute atomic E-state index is 13.5. The zero-order valence-electron chi connectivity index (χ0n) is 18.4. The van der Waals surface area contributed by atoms with Gasteiger partial charge in [0.25, 0.3) is 17.7 Å². The zero-order valence-corrected chi connectivity index (χ0v) is 19.2. The Morgan fingerprint density at radius 1 is 0.788 bits per heavy atom. The lowest BCUT2D eigenvalue weighted by atomic mass is 9.86. The average Bonchev–Trinajstić information content (AvgIpc) is 3.05. The third-order valence-electron chi connectivity index (χ3n) is 6.36. The van der Waals surface area contributed by atoms with Crippen molar-refractivity contribution in [3.8, 4) is 0 Å². The van der Waals surface area contributed by atoms with Crippen molar-refractivity contribution in [3.63, 3.8) is 0 Å². The molecule has 0 aliphatic carbocycles. The first-order valence-electron chi connectivity index (χ1n) is 10.6. The molecule has 0 N–H and O–H groups in total. The van der Waals surface area contributed by atoms with Gasteiger partial charge in [0.05, 0.1) is 17.2 Å². The van der Waals surface area contributed by atoms with E-state index in [1.165, 1.54) is 0 Å². The number of benzene rings is 3. The van der Waals surface area contributed by atoms with Crippen LogP contribution in [0.1, 0.15) is 37.9 Å². The zero-order chi connectivity index (χ0) is 23.4. The van der Waals surface area contributed by atoms with E-state index < -0.39 is 23.9 Å². The van der Waals surface area contributed by atoms with Gasteiger partial charge in [0.1, 0.15) is 6.04 Å². The summed E-state index contributed by atoms with van der Waals surface area (Å²) in [6.07, 6.45) is 0. The fraction of sp³-hybridized carbons (Fsp3) is 0.192. The van der Waals surface area contributed by atoms with Gasteiger partial charge in [-0.1, -0.05) is 41.9 Å². The summed E-state index contributed by atoms with van der Waals surface area (Å²) in [5.74, 6) is -1.19. The number of nitrogens with zero attached hydrogens (tertiary/aromatic N) is 3. The predicted molar refractivity (Wildman–Crippen MR) is 128 cm³/mol. The topological polar surface area (TPSA) is 60.9 Å². The van der Waals surface area contributed by atoms with Crippen molar-refractivity contribution in [3.05, 3.63) is 94.0 Å². The van der Waals surface area contributed by atoms with Gasteiger partial charge < -0.3 is 9.80 Å². The van der Waals surface area contributed by atoms with Crippen molar-refractivity contribution >= 4 is 40.7 Å². The fourth-order valence-corrected chi connectivity index (χ4v) is 4.68. The van der Waals surface area contributed by atoms with Crippen LogP contribution in [0, 0.1) is 6.92 Å². The van der Waals surface area contributed by atoms with Gasteiger partial charge in [-0.25, -0.2) is 0 Å². The molecule has 0 radical (unpaired) electrons. The molecule has 166 valence electrons. The second-order valence-corrected chi connectivity index (χ2v) is 8.95. The number of imide groups is 1. The van der Waals surface area contributed by atoms with Crippen molar-refractivity contribution in [2.45, 2.75) is 19.0 Å². The molecule has 33 heavy (non-hydrogen) atoms. The van der Waals surface area contributed by atoms with Crippen LogP contribution in [0.2, 0.25) is 5.02 Å². The summed E-state index contributed by atoms with van der Waals surface area (Å²) in [7, 11) is 3.90. The van der Waals surface area contributed by atoms with Crippen LogP contribution in [0.5, 0.6) is 0 Å². The Hall–Kier alpha value is -3.64. The quantitative estimate of drug-likeness (QED) is 0.426. The van der Waals surface area contributed by atoms with Crippen LogP contribution in [0.4, 0.5) is 11.4 Å². The molecule has 0 spiro atoms. The van der Waals surface area contributed by atoms with E-state index >= 15 is 0 Å². The number of anilines is 2. The molecule has 5 rings (SSSR count). The van der Waals surface area contributed by atoms with E-state index in [0.29, 0.717) is 21.8 Å². The summed E-state index contributed by atoms with van der Waals surface area (Å²) in [6.45, 7) is 1.89. The first-order valence-corrected chi connectivity index (χ1v) is 11.0. The number of β-lactam (4-membered cyclic amide) rings is 1. The minimum Gasteiger partial charge on any atom is -0.378 e. The molecule has 0 saturated carbocycles. The molecule has 2 atom stereocenters. The lowest BCUT2D eigenvalue weighted by Gasteiger charge is -2.50. The summed E-state index contributed by atoms with van der Waals surface area (Å²) in [5.41, 5.74) is 4.02. The molecule has 1 fully saturated rings. The number of hydrogen-bond donors (Lipinski definition) is 0. The van der Waals surface area contributed by atoms with Crippen molar-refractivity contribution < 1.29 is 14.4 Å². The van der Waals surface area contributed by atoms with Crippen LogP contribution in [0.15, 0.2) is 66.7 Å². The van der Waals surface area contributed by atoms with Crippen LogP contribution in [0.3, 0.4) is 0 Å². The number of amides is 3. The normalized spacial score (nSPS) is 19.6. The Balaban J connectivity index is 1.59. The molecule has 3 aromatic carbocycles. The predicted octanol–water partition coefficient (Wildman–Crippen LogP) is 4.47. The second kappa shape index (κ2) is 7.74. The lowest BCUT2D eigenvalue weighted by Crippen LogP contribution is -2.67. The van der Waals surface area contributed by atoms with Gasteiger partial charge in [-0.05, 0) is 54.4 Å². The number of halogens is 1. The largest absolute Gasteiger partial charge is 0.378 e. The Morgan fingerprint density at radius 3 is 1.94 bits per heavy atom. The van der Waals surface area contributed by atoms with Crippen LogP contribution in [-0.2, 0) is 4.79 Å². The van der Waals surface area contributed by atoms with Gasteiger partial charge >= 0.3 is 0 Å². The standard InChI is InChI=1S/C26H22ClN3O3/c1-15-8-11-18(14-21(15)27)29-22(16-9-12-17(13-10-16)28(2)3)23(26(29)33)30-24(31)19-6-4-5-7-20(19)25(30)32/h4-14,22-23H,1-3H3/t22-,23-/m1/s1. The first-order chi connectivity index (χ1) is 15.8.